The van der Waals surface area contributed by atoms with Crippen LogP contribution in [0.2, 0.25) is 0 Å². The molecule has 0 unspecified atom stereocenters. The van der Waals surface area contributed by atoms with Crippen molar-refractivity contribution in [2.75, 3.05) is 7.05 Å². The van der Waals surface area contributed by atoms with E-state index in [1.807, 2.05) is 19.4 Å². The Morgan fingerprint density at radius 2 is 2.11 bits per heavy atom. The largest absolute Gasteiger partial charge is 0.465 e. The molecule has 0 fully saturated rings. The quantitative estimate of drug-likeness (QED) is 0.854. The van der Waals surface area contributed by atoms with Crippen LogP contribution in [-0.2, 0) is 23.1 Å². The van der Waals surface area contributed by atoms with Gasteiger partial charge in [0.25, 0.3) is 0 Å². The van der Waals surface area contributed by atoms with E-state index in [9.17, 15) is 8.42 Å². The van der Waals surface area contributed by atoms with Gasteiger partial charge in [-0.3, -0.25) is 0 Å². The molecule has 0 spiro atoms. The van der Waals surface area contributed by atoms with Crippen LogP contribution in [0.15, 0.2) is 32.2 Å². The molecule has 2 aromatic rings. The van der Waals surface area contributed by atoms with E-state index in [0.717, 1.165) is 11.3 Å². The standard InChI is InChI=1S/C12H16N2O3S2/c1-9-3-4-11(17-9)7-14-19(15,16)12-5-10(6-13-2)8-18-12/h3-5,8,13-14H,6-7H2,1-2H3. The average Bonchev–Trinajstić information content (AvgIpc) is 2.97. The zero-order valence-electron chi connectivity index (χ0n) is 10.8. The van der Waals surface area contributed by atoms with Crippen LogP contribution in [0.5, 0.6) is 0 Å². The molecule has 2 N–H and O–H groups in total. The van der Waals surface area contributed by atoms with Crippen LogP contribution in [0.3, 0.4) is 0 Å². The average molecular weight is 300 g/mol. The van der Waals surface area contributed by atoms with E-state index in [-0.39, 0.29) is 6.54 Å². The minimum atomic E-state index is -3.47. The second kappa shape index (κ2) is 5.87. The lowest BCUT2D eigenvalue weighted by Gasteiger charge is -2.02. The molecule has 2 heterocycles. The Hall–Kier alpha value is -1.15. The molecule has 0 aromatic carbocycles. The number of thiophene rings is 1. The van der Waals surface area contributed by atoms with Gasteiger partial charge in [-0.05, 0) is 43.1 Å². The molecule has 0 aliphatic rings. The zero-order valence-corrected chi connectivity index (χ0v) is 12.4. The van der Waals surface area contributed by atoms with Crippen molar-refractivity contribution in [2.45, 2.75) is 24.2 Å². The maximum atomic E-state index is 12.1. The van der Waals surface area contributed by atoms with E-state index < -0.39 is 10.0 Å². The molecule has 2 aromatic heterocycles. The first-order valence-corrected chi connectivity index (χ1v) is 8.14. The van der Waals surface area contributed by atoms with E-state index in [1.54, 1.807) is 18.2 Å². The van der Waals surface area contributed by atoms with E-state index >= 15 is 0 Å². The van der Waals surface area contributed by atoms with Gasteiger partial charge in [-0.2, -0.15) is 0 Å². The number of hydrogen-bond donors (Lipinski definition) is 2. The first-order valence-electron chi connectivity index (χ1n) is 5.78. The van der Waals surface area contributed by atoms with Gasteiger partial charge in [0.2, 0.25) is 10.0 Å². The van der Waals surface area contributed by atoms with Crippen molar-refractivity contribution in [3.05, 3.63) is 40.7 Å². The van der Waals surface area contributed by atoms with Gasteiger partial charge in [0.15, 0.2) is 0 Å². The number of sulfonamides is 1. The van der Waals surface area contributed by atoms with Crippen molar-refractivity contribution in [2.24, 2.45) is 0 Å². The molecule has 7 heteroatoms. The summed E-state index contributed by atoms with van der Waals surface area (Å²) in [5, 5.41) is 4.82. The Labute approximate surface area is 116 Å². The van der Waals surface area contributed by atoms with Crippen LogP contribution < -0.4 is 10.0 Å². The van der Waals surface area contributed by atoms with Gasteiger partial charge in [0.05, 0.1) is 6.54 Å². The molecule has 5 nitrogen and oxygen atoms in total. The molecular formula is C12H16N2O3S2. The number of nitrogens with one attached hydrogen (secondary N) is 2. The molecule has 0 saturated heterocycles. The molecule has 2 rings (SSSR count). The van der Waals surface area contributed by atoms with Crippen molar-refractivity contribution in [3.8, 4) is 0 Å². The van der Waals surface area contributed by atoms with Crippen LogP contribution in [0.4, 0.5) is 0 Å². The highest BCUT2D eigenvalue weighted by Gasteiger charge is 2.17. The molecular weight excluding hydrogens is 284 g/mol. The Bertz CT molecular complexity index is 643. The van der Waals surface area contributed by atoms with Crippen LogP contribution in [0.25, 0.3) is 0 Å². The van der Waals surface area contributed by atoms with Crippen molar-refractivity contribution in [3.63, 3.8) is 0 Å². The molecule has 0 saturated carbocycles. The van der Waals surface area contributed by atoms with Gasteiger partial charge in [0, 0.05) is 6.54 Å². The maximum Gasteiger partial charge on any atom is 0.250 e. The monoisotopic (exact) mass is 300 g/mol. The van der Waals surface area contributed by atoms with Crippen molar-refractivity contribution < 1.29 is 12.8 Å². The van der Waals surface area contributed by atoms with Crippen LogP contribution in [0.1, 0.15) is 17.1 Å². The third-order valence-electron chi connectivity index (χ3n) is 2.51. The van der Waals surface area contributed by atoms with Crippen molar-refractivity contribution >= 4 is 21.4 Å². The molecule has 0 amide bonds. The van der Waals surface area contributed by atoms with Gasteiger partial charge in [-0.15, -0.1) is 11.3 Å². The minimum Gasteiger partial charge on any atom is -0.465 e. The van der Waals surface area contributed by atoms with Gasteiger partial charge in [0.1, 0.15) is 15.7 Å². The van der Waals surface area contributed by atoms with E-state index in [1.165, 1.54) is 11.3 Å². The van der Waals surface area contributed by atoms with Crippen LogP contribution in [-0.4, -0.2) is 15.5 Å². The molecule has 0 aliphatic carbocycles. The van der Waals surface area contributed by atoms with Crippen LogP contribution in [0, 0.1) is 6.92 Å². The van der Waals surface area contributed by atoms with Crippen LogP contribution >= 0.6 is 11.3 Å². The topological polar surface area (TPSA) is 71.3 Å². The lowest BCUT2D eigenvalue weighted by atomic mass is 10.3. The first kappa shape index (κ1) is 14.3. The molecule has 104 valence electrons. The lowest BCUT2D eigenvalue weighted by molar-refractivity contribution is 0.475. The lowest BCUT2D eigenvalue weighted by Crippen LogP contribution is -2.22. The highest BCUT2D eigenvalue weighted by Crippen LogP contribution is 2.20. The fourth-order valence-corrected chi connectivity index (χ4v) is 3.86. The summed E-state index contributed by atoms with van der Waals surface area (Å²) in [5.41, 5.74) is 0.960. The number of furan rings is 1. The summed E-state index contributed by atoms with van der Waals surface area (Å²) in [7, 11) is -1.64. The second-order valence-electron chi connectivity index (χ2n) is 4.14. The second-order valence-corrected chi connectivity index (χ2v) is 7.05. The fraction of sp³-hybridized carbons (Fsp3) is 0.333. The first-order chi connectivity index (χ1) is 9.01. The third kappa shape index (κ3) is 3.66. The summed E-state index contributed by atoms with van der Waals surface area (Å²) in [6.07, 6.45) is 0. The van der Waals surface area contributed by atoms with Gasteiger partial charge in [-0.1, -0.05) is 0 Å². The molecule has 0 radical (unpaired) electrons. The molecule has 0 aliphatic heterocycles. The predicted molar refractivity (Wildman–Crippen MR) is 74.6 cm³/mol. The summed E-state index contributed by atoms with van der Waals surface area (Å²) in [5.74, 6) is 1.37. The summed E-state index contributed by atoms with van der Waals surface area (Å²) in [4.78, 5) is 0. The van der Waals surface area contributed by atoms with Gasteiger partial charge >= 0.3 is 0 Å². The Morgan fingerprint density at radius 1 is 1.32 bits per heavy atom. The minimum absolute atomic E-state index is 0.162. The zero-order chi connectivity index (χ0) is 13.9. The van der Waals surface area contributed by atoms with Gasteiger partial charge < -0.3 is 9.73 Å². The van der Waals surface area contributed by atoms with Crippen molar-refractivity contribution in [1.29, 1.82) is 0 Å². The van der Waals surface area contributed by atoms with E-state index in [2.05, 4.69) is 10.0 Å². The molecule has 0 atom stereocenters. The third-order valence-corrected chi connectivity index (χ3v) is 5.40. The number of rotatable bonds is 6. The number of hydrogen-bond acceptors (Lipinski definition) is 5. The molecule has 0 bridgehead atoms. The normalized spacial score (nSPS) is 11.9. The Balaban J connectivity index is 2.04. The maximum absolute atomic E-state index is 12.1. The molecule has 19 heavy (non-hydrogen) atoms. The summed E-state index contributed by atoms with van der Waals surface area (Å²) in [6.45, 7) is 2.64. The summed E-state index contributed by atoms with van der Waals surface area (Å²) < 4.78 is 32.3. The summed E-state index contributed by atoms with van der Waals surface area (Å²) >= 11 is 1.22. The fourth-order valence-electron chi connectivity index (χ4n) is 1.61. The van der Waals surface area contributed by atoms with Gasteiger partial charge in [-0.25, -0.2) is 13.1 Å². The Kier molecular flexibility index (Phi) is 4.41. The number of aryl methyl sites for hydroxylation is 1. The predicted octanol–water partition coefficient (Wildman–Crippen LogP) is 1.85. The highest BCUT2D eigenvalue weighted by molar-refractivity contribution is 7.91. The van der Waals surface area contributed by atoms with E-state index in [0.29, 0.717) is 16.5 Å². The Morgan fingerprint density at radius 3 is 2.74 bits per heavy atom. The van der Waals surface area contributed by atoms with Crippen molar-refractivity contribution in [1.82, 2.24) is 10.0 Å². The SMILES string of the molecule is CNCc1csc(S(=O)(=O)NCc2ccc(C)o2)c1. The van der Waals surface area contributed by atoms with E-state index in [4.69, 9.17) is 4.42 Å². The highest BCUT2D eigenvalue weighted by atomic mass is 32.2. The summed E-state index contributed by atoms with van der Waals surface area (Å²) in [6, 6.07) is 5.25. The smallest absolute Gasteiger partial charge is 0.250 e.